The van der Waals surface area contributed by atoms with Crippen LogP contribution in [0.15, 0.2) is 0 Å². The molecule has 0 spiro atoms. The highest BCUT2D eigenvalue weighted by Crippen LogP contribution is 2.24. The summed E-state index contributed by atoms with van der Waals surface area (Å²) in [6, 6.07) is 0.589. The molecule has 0 aromatic rings. The van der Waals surface area contributed by atoms with Crippen molar-refractivity contribution >= 4 is 15.9 Å². The van der Waals surface area contributed by atoms with E-state index in [0.717, 1.165) is 6.42 Å². The molecule has 1 aliphatic carbocycles. The van der Waals surface area contributed by atoms with E-state index in [-0.39, 0.29) is 29.6 Å². The van der Waals surface area contributed by atoms with Gasteiger partial charge in [-0.1, -0.05) is 0 Å². The number of nitrogens with one attached hydrogen (secondary N) is 2. The van der Waals surface area contributed by atoms with Gasteiger partial charge in [0.25, 0.3) is 0 Å². The summed E-state index contributed by atoms with van der Waals surface area (Å²) in [6.45, 7) is 5.49. The molecular weight excluding hydrogens is 280 g/mol. The molecule has 20 heavy (non-hydrogen) atoms. The monoisotopic (exact) mass is 304 g/mol. The fraction of sp³-hybridized carbons (Fsp3) is 0.923. The lowest BCUT2D eigenvalue weighted by molar-refractivity contribution is 0.0521. The fourth-order valence-electron chi connectivity index (χ4n) is 2.36. The number of carbonyl (C=O) groups excluding carboxylic acids is 1. The smallest absolute Gasteiger partial charge is 0.407 e. The summed E-state index contributed by atoms with van der Waals surface area (Å²) in [5, 5.41) is 6.24. The lowest BCUT2D eigenvalue weighted by Gasteiger charge is -2.23. The molecule has 1 amide bonds. The second-order valence-corrected chi connectivity index (χ2v) is 8.99. The summed E-state index contributed by atoms with van der Waals surface area (Å²) in [5.74, 6) is 0.531. The van der Waals surface area contributed by atoms with Gasteiger partial charge in [-0.05, 0) is 40.0 Å². The molecule has 2 unspecified atom stereocenters. The number of amides is 1. The molecule has 0 aromatic carbocycles. The van der Waals surface area contributed by atoms with Crippen LogP contribution in [0.1, 0.15) is 40.0 Å². The van der Waals surface area contributed by atoms with E-state index in [4.69, 9.17) is 4.74 Å². The van der Waals surface area contributed by atoms with Crippen LogP contribution in [0, 0.1) is 0 Å². The third kappa shape index (κ3) is 4.94. The molecule has 1 aliphatic heterocycles. The van der Waals surface area contributed by atoms with Crippen LogP contribution >= 0.6 is 0 Å². The van der Waals surface area contributed by atoms with Crippen LogP contribution in [-0.2, 0) is 14.6 Å². The molecule has 7 heteroatoms. The van der Waals surface area contributed by atoms with E-state index in [1.165, 1.54) is 0 Å². The van der Waals surface area contributed by atoms with Gasteiger partial charge in [0, 0.05) is 18.1 Å². The number of ether oxygens (including phenoxy) is 1. The maximum atomic E-state index is 11.6. The zero-order valence-electron chi connectivity index (χ0n) is 12.3. The van der Waals surface area contributed by atoms with E-state index >= 15 is 0 Å². The van der Waals surface area contributed by atoms with E-state index < -0.39 is 21.5 Å². The Labute approximate surface area is 120 Å². The van der Waals surface area contributed by atoms with Gasteiger partial charge in [0.05, 0.1) is 11.5 Å². The van der Waals surface area contributed by atoms with Crippen molar-refractivity contribution in [2.75, 3.05) is 11.5 Å². The molecule has 0 aromatic heterocycles. The molecule has 0 bridgehead atoms. The van der Waals surface area contributed by atoms with Gasteiger partial charge < -0.3 is 15.4 Å². The average Bonchev–Trinajstić information content (AvgIpc) is 2.96. The maximum Gasteiger partial charge on any atom is 0.407 e. The summed E-state index contributed by atoms with van der Waals surface area (Å²) < 4.78 is 27.9. The Morgan fingerprint density at radius 2 is 1.75 bits per heavy atom. The molecular formula is C13H24N2O4S. The number of hydrogen-bond acceptors (Lipinski definition) is 5. The predicted molar refractivity (Wildman–Crippen MR) is 76.4 cm³/mol. The number of carbonyl (C=O) groups is 1. The molecule has 6 nitrogen and oxygen atoms in total. The first kappa shape index (κ1) is 15.6. The van der Waals surface area contributed by atoms with Gasteiger partial charge in [0.1, 0.15) is 15.4 Å². The number of rotatable bonds is 3. The second kappa shape index (κ2) is 5.52. The third-order valence-corrected chi connectivity index (χ3v) is 5.21. The largest absolute Gasteiger partial charge is 0.444 e. The second-order valence-electron chi connectivity index (χ2n) is 6.69. The summed E-state index contributed by atoms with van der Waals surface area (Å²) in [7, 11) is -2.81. The van der Waals surface area contributed by atoms with Crippen LogP contribution in [-0.4, -0.2) is 49.7 Å². The number of alkyl carbamates (subject to hydrolysis) is 1. The SMILES string of the molecule is CC(C)(C)OC(=O)NC1CC1NC1CCS(=O)(=O)CC1. The standard InChI is InChI=1S/C13H24N2O4S/c1-13(2,3)19-12(16)15-11-8-10(11)14-9-4-6-20(17,18)7-5-9/h9-11,14H,4-8H2,1-3H3,(H,15,16). The minimum atomic E-state index is -2.81. The molecule has 2 fully saturated rings. The molecule has 2 N–H and O–H groups in total. The van der Waals surface area contributed by atoms with E-state index in [1.807, 2.05) is 20.8 Å². The molecule has 0 radical (unpaired) electrons. The van der Waals surface area contributed by atoms with Crippen molar-refractivity contribution in [2.24, 2.45) is 0 Å². The highest BCUT2D eigenvalue weighted by atomic mass is 32.2. The molecule has 2 aliphatic rings. The Kier molecular flexibility index (Phi) is 4.30. The number of sulfone groups is 1. The molecule has 1 heterocycles. The molecule has 2 atom stereocenters. The van der Waals surface area contributed by atoms with Crippen molar-refractivity contribution in [2.45, 2.75) is 63.8 Å². The molecule has 1 saturated carbocycles. The summed E-state index contributed by atoms with van der Waals surface area (Å²) >= 11 is 0. The van der Waals surface area contributed by atoms with Gasteiger partial charge >= 0.3 is 6.09 Å². The van der Waals surface area contributed by atoms with Crippen molar-refractivity contribution in [3.05, 3.63) is 0 Å². The van der Waals surface area contributed by atoms with E-state index in [0.29, 0.717) is 12.8 Å². The van der Waals surface area contributed by atoms with Crippen LogP contribution in [0.25, 0.3) is 0 Å². The Morgan fingerprint density at radius 1 is 1.15 bits per heavy atom. The zero-order chi connectivity index (χ0) is 15.0. The highest BCUT2D eigenvalue weighted by Gasteiger charge is 2.41. The highest BCUT2D eigenvalue weighted by molar-refractivity contribution is 7.91. The quantitative estimate of drug-likeness (QED) is 0.806. The van der Waals surface area contributed by atoms with Crippen LogP contribution in [0.5, 0.6) is 0 Å². The molecule has 2 rings (SSSR count). The van der Waals surface area contributed by atoms with Crippen LogP contribution < -0.4 is 10.6 Å². The zero-order valence-corrected chi connectivity index (χ0v) is 13.1. The first-order valence-corrected chi connectivity index (χ1v) is 8.93. The summed E-state index contributed by atoms with van der Waals surface area (Å²) in [5.41, 5.74) is -0.486. The van der Waals surface area contributed by atoms with Crippen LogP contribution in [0.4, 0.5) is 4.79 Å². The summed E-state index contributed by atoms with van der Waals surface area (Å²) in [6.07, 6.45) is 1.82. The van der Waals surface area contributed by atoms with Crippen molar-refractivity contribution in [1.29, 1.82) is 0 Å². The van der Waals surface area contributed by atoms with Gasteiger partial charge in [-0.2, -0.15) is 0 Å². The van der Waals surface area contributed by atoms with Crippen LogP contribution in [0.3, 0.4) is 0 Å². The van der Waals surface area contributed by atoms with E-state index in [1.54, 1.807) is 0 Å². The Hall–Kier alpha value is -0.820. The normalized spacial score (nSPS) is 29.8. The van der Waals surface area contributed by atoms with Crippen molar-refractivity contribution < 1.29 is 17.9 Å². The lowest BCUT2D eigenvalue weighted by Crippen LogP contribution is -2.42. The fourth-order valence-corrected chi connectivity index (χ4v) is 3.85. The van der Waals surface area contributed by atoms with Gasteiger partial charge in [0.15, 0.2) is 0 Å². The van der Waals surface area contributed by atoms with E-state index in [2.05, 4.69) is 10.6 Å². The van der Waals surface area contributed by atoms with Gasteiger partial charge in [-0.3, -0.25) is 0 Å². The third-order valence-electron chi connectivity index (χ3n) is 3.50. The topological polar surface area (TPSA) is 84.5 Å². The van der Waals surface area contributed by atoms with Gasteiger partial charge in [-0.25, -0.2) is 13.2 Å². The van der Waals surface area contributed by atoms with Gasteiger partial charge in [0.2, 0.25) is 0 Å². The average molecular weight is 304 g/mol. The lowest BCUT2D eigenvalue weighted by atomic mass is 10.1. The Balaban J connectivity index is 1.67. The van der Waals surface area contributed by atoms with Crippen molar-refractivity contribution in [3.8, 4) is 0 Å². The Bertz CT molecular complexity index is 455. The minimum absolute atomic E-state index is 0.100. The van der Waals surface area contributed by atoms with Gasteiger partial charge in [-0.15, -0.1) is 0 Å². The molecule has 1 saturated heterocycles. The first-order valence-electron chi connectivity index (χ1n) is 7.11. The summed E-state index contributed by atoms with van der Waals surface area (Å²) in [4.78, 5) is 11.6. The van der Waals surface area contributed by atoms with Crippen LogP contribution in [0.2, 0.25) is 0 Å². The van der Waals surface area contributed by atoms with Crippen molar-refractivity contribution in [1.82, 2.24) is 10.6 Å². The van der Waals surface area contributed by atoms with E-state index in [9.17, 15) is 13.2 Å². The minimum Gasteiger partial charge on any atom is -0.444 e. The maximum absolute atomic E-state index is 11.6. The number of hydrogen-bond donors (Lipinski definition) is 2. The Morgan fingerprint density at radius 3 is 2.30 bits per heavy atom. The predicted octanol–water partition coefficient (Wildman–Crippen LogP) is 0.819. The van der Waals surface area contributed by atoms with Crippen molar-refractivity contribution in [3.63, 3.8) is 0 Å². The molecule has 116 valence electrons. The first-order chi connectivity index (χ1) is 9.15.